The van der Waals surface area contributed by atoms with Gasteiger partial charge in [-0.05, 0) is 49.3 Å². The molecule has 0 saturated carbocycles. The molecule has 1 heterocycles. The van der Waals surface area contributed by atoms with Gasteiger partial charge in [0.1, 0.15) is 0 Å². The van der Waals surface area contributed by atoms with Crippen LogP contribution >= 0.6 is 11.3 Å². The first-order chi connectivity index (χ1) is 9.88. The van der Waals surface area contributed by atoms with Crippen LogP contribution in [0, 0.1) is 0 Å². The van der Waals surface area contributed by atoms with Crippen LogP contribution in [0.15, 0.2) is 36.0 Å². The molecule has 0 fully saturated rings. The molecule has 2 nitrogen and oxygen atoms in total. The van der Waals surface area contributed by atoms with E-state index in [2.05, 4.69) is 41.5 Å². The van der Waals surface area contributed by atoms with Crippen molar-refractivity contribution in [3.63, 3.8) is 0 Å². The summed E-state index contributed by atoms with van der Waals surface area (Å²) in [5.41, 5.74) is 5.07. The number of nitrogens with one attached hydrogen (secondary N) is 1. The number of aromatic nitrogens is 1. The summed E-state index contributed by atoms with van der Waals surface area (Å²) in [4.78, 5) is 5.61. The number of hydrogen-bond donors (Lipinski definition) is 1. The van der Waals surface area contributed by atoms with Crippen molar-refractivity contribution in [3.05, 3.63) is 52.0 Å². The maximum atomic E-state index is 4.24. The van der Waals surface area contributed by atoms with Gasteiger partial charge in [0.05, 0.1) is 5.51 Å². The molecule has 1 aliphatic carbocycles. The molecule has 3 rings (SSSR count). The van der Waals surface area contributed by atoms with Crippen molar-refractivity contribution in [1.82, 2.24) is 10.3 Å². The monoisotopic (exact) mass is 286 g/mol. The second kappa shape index (κ2) is 6.51. The first-order valence-electron chi connectivity index (χ1n) is 7.58. The number of benzene rings is 1. The topological polar surface area (TPSA) is 24.9 Å². The third-order valence-corrected chi connectivity index (χ3v) is 5.15. The average Bonchev–Trinajstić information content (AvgIpc) is 3.01. The molecular weight excluding hydrogens is 264 g/mol. The van der Waals surface area contributed by atoms with Crippen molar-refractivity contribution in [2.75, 3.05) is 6.54 Å². The van der Waals surface area contributed by atoms with E-state index in [-0.39, 0.29) is 0 Å². The average molecular weight is 286 g/mol. The van der Waals surface area contributed by atoms with Crippen LogP contribution < -0.4 is 5.32 Å². The molecule has 0 radical (unpaired) electrons. The molecule has 0 amide bonds. The van der Waals surface area contributed by atoms with E-state index in [9.17, 15) is 0 Å². The fourth-order valence-corrected chi connectivity index (χ4v) is 4.04. The Kier molecular flexibility index (Phi) is 4.48. The lowest BCUT2D eigenvalue weighted by Crippen LogP contribution is -2.23. The van der Waals surface area contributed by atoms with Gasteiger partial charge in [0, 0.05) is 17.1 Å². The smallest absolute Gasteiger partial charge is 0.0794 e. The highest BCUT2D eigenvalue weighted by Crippen LogP contribution is 2.38. The van der Waals surface area contributed by atoms with Gasteiger partial charge in [-0.1, -0.05) is 31.2 Å². The zero-order chi connectivity index (χ0) is 13.8. The molecule has 0 aliphatic heterocycles. The Bertz CT molecular complexity index is 536. The minimum Gasteiger partial charge on any atom is -0.309 e. The van der Waals surface area contributed by atoms with E-state index in [1.54, 1.807) is 22.5 Å². The lowest BCUT2D eigenvalue weighted by molar-refractivity contribution is 0.430. The van der Waals surface area contributed by atoms with Crippen LogP contribution in [-0.4, -0.2) is 11.5 Å². The third-order valence-electron chi connectivity index (χ3n) is 4.26. The first kappa shape index (κ1) is 13.8. The molecule has 0 saturated heterocycles. The molecule has 1 aromatic carbocycles. The van der Waals surface area contributed by atoms with Gasteiger partial charge in [-0.2, -0.15) is 0 Å². The summed E-state index contributed by atoms with van der Waals surface area (Å²) in [6.45, 7) is 3.19. The fourth-order valence-electron chi connectivity index (χ4n) is 3.33. The quantitative estimate of drug-likeness (QED) is 0.886. The Morgan fingerprint density at radius 3 is 3.10 bits per heavy atom. The van der Waals surface area contributed by atoms with Crippen LogP contribution in [0.25, 0.3) is 0 Å². The summed E-state index contributed by atoms with van der Waals surface area (Å²) in [6.07, 6.45) is 7.10. The Labute approximate surface area is 125 Å². The Balaban J connectivity index is 1.79. The van der Waals surface area contributed by atoms with Gasteiger partial charge < -0.3 is 5.32 Å². The molecule has 3 heteroatoms. The van der Waals surface area contributed by atoms with Gasteiger partial charge in [0.15, 0.2) is 0 Å². The maximum absolute atomic E-state index is 4.24. The number of rotatable bonds is 5. The standard InChI is InChI=1S/C17H22N2S/c1-2-19-16(17-11-18-12-20-17)10-14-8-5-7-13-6-3-4-9-15(13)14/h3-4,6,9,11-12,14,16,19H,2,5,7-8,10H2,1H3. The van der Waals surface area contributed by atoms with E-state index in [0.717, 1.165) is 6.54 Å². The number of aryl methyl sites for hydroxylation is 1. The second-order valence-corrected chi connectivity index (χ2v) is 6.46. The van der Waals surface area contributed by atoms with Gasteiger partial charge in [-0.25, -0.2) is 0 Å². The molecule has 0 bridgehead atoms. The van der Waals surface area contributed by atoms with Crippen LogP contribution in [0.1, 0.15) is 54.1 Å². The summed E-state index contributed by atoms with van der Waals surface area (Å²) in [5, 5.41) is 3.63. The normalized spacial score (nSPS) is 19.6. The second-order valence-electron chi connectivity index (χ2n) is 5.54. The largest absolute Gasteiger partial charge is 0.309 e. The third kappa shape index (κ3) is 2.94. The minimum absolute atomic E-state index is 0.448. The van der Waals surface area contributed by atoms with Crippen molar-refractivity contribution in [1.29, 1.82) is 0 Å². The lowest BCUT2D eigenvalue weighted by Gasteiger charge is -2.29. The van der Waals surface area contributed by atoms with E-state index >= 15 is 0 Å². The zero-order valence-corrected chi connectivity index (χ0v) is 12.8. The predicted octanol–water partition coefficient (Wildman–Crippen LogP) is 4.30. The van der Waals surface area contributed by atoms with Crippen LogP contribution in [-0.2, 0) is 6.42 Å². The first-order valence-corrected chi connectivity index (χ1v) is 8.46. The van der Waals surface area contributed by atoms with Gasteiger partial charge in [-0.15, -0.1) is 11.3 Å². The van der Waals surface area contributed by atoms with Crippen molar-refractivity contribution in [2.45, 2.75) is 44.6 Å². The van der Waals surface area contributed by atoms with Crippen molar-refractivity contribution >= 4 is 11.3 Å². The summed E-state index contributed by atoms with van der Waals surface area (Å²) in [7, 11) is 0. The Morgan fingerprint density at radius 2 is 2.30 bits per heavy atom. The van der Waals surface area contributed by atoms with E-state index < -0.39 is 0 Å². The molecular formula is C17H22N2S. The molecule has 0 spiro atoms. The van der Waals surface area contributed by atoms with Gasteiger partial charge in [0.25, 0.3) is 0 Å². The highest BCUT2D eigenvalue weighted by Gasteiger charge is 2.24. The van der Waals surface area contributed by atoms with Gasteiger partial charge >= 0.3 is 0 Å². The van der Waals surface area contributed by atoms with Crippen LogP contribution in [0.5, 0.6) is 0 Å². The van der Waals surface area contributed by atoms with Crippen LogP contribution in [0.4, 0.5) is 0 Å². The fraction of sp³-hybridized carbons (Fsp3) is 0.471. The van der Waals surface area contributed by atoms with Crippen LogP contribution in [0.3, 0.4) is 0 Å². The summed E-state index contributed by atoms with van der Waals surface area (Å²) < 4.78 is 0. The molecule has 2 aromatic rings. The highest BCUT2D eigenvalue weighted by atomic mass is 32.1. The van der Waals surface area contributed by atoms with Gasteiger partial charge in [0.2, 0.25) is 0 Å². The highest BCUT2D eigenvalue weighted by molar-refractivity contribution is 7.09. The minimum atomic E-state index is 0.448. The number of fused-ring (bicyclic) bond motifs is 1. The van der Waals surface area contributed by atoms with Gasteiger partial charge in [-0.3, -0.25) is 4.98 Å². The molecule has 1 aliphatic rings. The SMILES string of the molecule is CCNC(CC1CCCc2ccccc21)c1cncs1. The molecule has 20 heavy (non-hydrogen) atoms. The predicted molar refractivity (Wildman–Crippen MR) is 85.3 cm³/mol. The van der Waals surface area contributed by atoms with Crippen LogP contribution in [0.2, 0.25) is 0 Å². The molecule has 1 N–H and O–H groups in total. The summed E-state index contributed by atoms with van der Waals surface area (Å²) in [5.74, 6) is 0.686. The van der Waals surface area contributed by atoms with E-state index in [1.165, 1.54) is 30.6 Å². The number of hydrogen-bond acceptors (Lipinski definition) is 3. The molecule has 106 valence electrons. The lowest BCUT2D eigenvalue weighted by atomic mass is 9.79. The summed E-state index contributed by atoms with van der Waals surface area (Å²) in [6, 6.07) is 9.44. The summed E-state index contributed by atoms with van der Waals surface area (Å²) >= 11 is 1.77. The van der Waals surface area contributed by atoms with E-state index in [1.807, 2.05) is 11.7 Å². The number of nitrogens with zero attached hydrogens (tertiary/aromatic N) is 1. The molecule has 2 atom stereocenters. The Hall–Kier alpha value is -1.19. The van der Waals surface area contributed by atoms with E-state index in [4.69, 9.17) is 0 Å². The molecule has 2 unspecified atom stereocenters. The molecule has 1 aromatic heterocycles. The van der Waals surface area contributed by atoms with Crippen molar-refractivity contribution in [3.8, 4) is 0 Å². The van der Waals surface area contributed by atoms with Crippen molar-refractivity contribution < 1.29 is 0 Å². The number of thiazole rings is 1. The van der Waals surface area contributed by atoms with Crippen molar-refractivity contribution in [2.24, 2.45) is 0 Å². The maximum Gasteiger partial charge on any atom is 0.0794 e. The van der Waals surface area contributed by atoms with E-state index in [0.29, 0.717) is 12.0 Å². The zero-order valence-electron chi connectivity index (χ0n) is 12.0. The Morgan fingerprint density at radius 1 is 1.40 bits per heavy atom.